The molecule has 1 saturated carbocycles. The Kier molecular flexibility index (Phi) is 4.83. The van der Waals surface area contributed by atoms with E-state index in [1.54, 1.807) is 11.8 Å². The van der Waals surface area contributed by atoms with E-state index in [1.165, 1.54) is 6.33 Å². The SMILES string of the molecule is CC(C)NC1(C#N)CCCC1CCSc1ncn[nH]1. The van der Waals surface area contributed by atoms with Crippen molar-refractivity contribution in [1.82, 2.24) is 20.5 Å². The fourth-order valence-corrected chi connectivity index (χ4v) is 3.75. The lowest BCUT2D eigenvalue weighted by atomic mass is 9.86. The van der Waals surface area contributed by atoms with Crippen LogP contribution in [0.25, 0.3) is 0 Å². The van der Waals surface area contributed by atoms with Crippen molar-refractivity contribution in [2.24, 2.45) is 5.92 Å². The van der Waals surface area contributed by atoms with Crippen molar-refractivity contribution in [2.45, 2.75) is 56.3 Å². The predicted octanol–water partition coefficient (Wildman–Crippen LogP) is 2.35. The molecule has 1 fully saturated rings. The maximum Gasteiger partial charge on any atom is 0.183 e. The third-order valence-electron chi connectivity index (χ3n) is 3.66. The highest BCUT2D eigenvalue weighted by Gasteiger charge is 2.42. The number of nitriles is 1. The zero-order valence-corrected chi connectivity index (χ0v) is 12.3. The molecule has 0 bridgehead atoms. The minimum absolute atomic E-state index is 0.323. The van der Waals surface area contributed by atoms with Gasteiger partial charge >= 0.3 is 0 Å². The summed E-state index contributed by atoms with van der Waals surface area (Å²) in [6.45, 7) is 4.22. The molecule has 1 aliphatic carbocycles. The minimum atomic E-state index is -0.323. The quantitative estimate of drug-likeness (QED) is 0.782. The monoisotopic (exact) mass is 279 g/mol. The zero-order valence-electron chi connectivity index (χ0n) is 11.5. The molecule has 1 aromatic rings. The second kappa shape index (κ2) is 6.40. The van der Waals surface area contributed by atoms with Gasteiger partial charge in [0.1, 0.15) is 11.9 Å². The van der Waals surface area contributed by atoms with E-state index in [0.29, 0.717) is 12.0 Å². The summed E-state index contributed by atoms with van der Waals surface area (Å²) >= 11 is 1.68. The molecular formula is C13H21N5S. The van der Waals surface area contributed by atoms with Crippen LogP contribution in [0.3, 0.4) is 0 Å². The molecule has 0 amide bonds. The molecule has 0 aromatic carbocycles. The van der Waals surface area contributed by atoms with E-state index in [4.69, 9.17) is 0 Å². The zero-order chi connectivity index (χ0) is 13.7. The lowest BCUT2D eigenvalue weighted by Crippen LogP contribution is -2.50. The first-order chi connectivity index (χ1) is 9.16. The summed E-state index contributed by atoms with van der Waals surface area (Å²) in [4.78, 5) is 4.10. The van der Waals surface area contributed by atoms with E-state index >= 15 is 0 Å². The van der Waals surface area contributed by atoms with E-state index < -0.39 is 0 Å². The summed E-state index contributed by atoms with van der Waals surface area (Å²) < 4.78 is 0. The Morgan fingerprint density at radius 2 is 2.53 bits per heavy atom. The van der Waals surface area contributed by atoms with Crippen LogP contribution in [0, 0.1) is 17.2 Å². The first-order valence-electron chi connectivity index (χ1n) is 6.83. The first-order valence-corrected chi connectivity index (χ1v) is 7.82. The molecule has 0 aliphatic heterocycles. The Bertz CT molecular complexity index is 425. The fourth-order valence-electron chi connectivity index (χ4n) is 2.91. The molecule has 2 rings (SSSR count). The number of hydrogen-bond acceptors (Lipinski definition) is 5. The van der Waals surface area contributed by atoms with Crippen molar-refractivity contribution in [3.8, 4) is 6.07 Å². The molecule has 2 N–H and O–H groups in total. The number of nitrogens with one attached hydrogen (secondary N) is 2. The Morgan fingerprint density at radius 3 is 3.16 bits per heavy atom. The second-order valence-electron chi connectivity index (χ2n) is 5.40. The molecule has 104 valence electrons. The molecule has 1 heterocycles. The molecule has 19 heavy (non-hydrogen) atoms. The van der Waals surface area contributed by atoms with E-state index in [0.717, 1.165) is 36.6 Å². The standard InChI is InChI=1S/C13H21N5S/c1-10(2)17-13(8-14)6-3-4-11(13)5-7-19-12-15-9-16-18-12/h9-11,17H,3-7H2,1-2H3,(H,15,16,18). The summed E-state index contributed by atoms with van der Waals surface area (Å²) in [5.74, 6) is 1.42. The van der Waals surface area contributed by atoms with Gasteiger partial charge in [0.25, 0.3) is 0 Å². The van der Waals surface area contributed by atoms with Gasteiger partial charge in [-0.25, -0.2) is 4.98 Å². The van der Waals surface area contributed by atoms with Gasteiger partial charge in [-0.05, 0) is 39.0 Å². The van der Waals surface area contributed by atoms with Gasteiger partial charge in [0, 0.05) is 11.8 Å². The summed E-state index contributed by atoms with van der Waals surface area (Å²) in [5, 5.41) is 20.6. The lowest BCUT2D eigenvalue weighted by Gasteiger charge is -2.32. The van der Waals surface area contributed by atoms with E-state index in [-0.39, 0.29) is 5.54 Å². The number of aromatic amines is 1. The van der Waals surface area contributed by atoms with Crippen LogP contribution >= 0.6 is 11.8 Å². The number of aromatic nitrogens is 3. The predicted molar refractivity (Wildman–Crippen MR) is 75.7 cm³/mol. The van der Waals surface area contributed by atoms with Crippen LogP contribution in [-0.2, 0) is 0 Å². The van der Waals surface area contributed by atoms with Crippen molar-refractivity contribution >= 4 is 11.8 Å². The van der Waals surface area contributed by atoms with Crippen LogP contribution in [0.5, 0.6) is 0 Å². The number of H-pyrrole nitrogens is 1. The van der Waals surface area contributed by atoms with Crippen LogP contribution in [0.1, 0.15) is 39.5 Å². The molecule has 0 spiro atoms. The molecule has 5 nitrogen and oxygen atoms in total. The van der Waals surface area contributed by atoms with Gasteiger partial charge in [0.15, 0.2) is 5.16 Å². The number of thioether (sulfide) groups is 1. The van der Waals surface area contributed by atoms with Gasteiger partial charge in [-0.1, -0.05) is 18.2 Å². The van der Waals surface area contributed by atoms with Crippen molar-refractivity contribution in [1.29, 1.82) is 5.26 Å². The minimum Gasteiger partial charge on any atom is -0.297 e. The van der Waals surface area contributed by atoms with Crippen LogP contribution in [0.15, 0.2) is 11.5 Å². The van der Waals surface area contributed by atoms with Crippen molar-refractivity contribution in [2.75, 3.05) is 5.75 Å². The third-order valence-corrected chi connectivity index (χ3v) is 4.57. The molecule has 1 aromatic heterocycles. The van der Waals surface area contributed by atoms with Gasteiger partial charge in [-0.15, -0.1) is 0 Å². The number of hydrogen-bond donors (Lipinski definition) is 2. The highest BCUT2D eigenvalue weighted by molar-refractivity contribution is 7.99. The Morgan fingerprint density at radius 1 is 1.68 bits per heavy atom. The van der Waals surface area contributed by atoms with Crippen molar-refractivity contribution < 1.29 is 0 Å². The fraction of sp³-hybridized carbons (Fsp3) is 0.769. The molecule has 1 aliphatic rings. The summed E-state index contributed by atoms with van der Waals surface area (Å²) in [7, 11) is 0. The van der Waals surface area contributed by atoms with Crippen LogP contribution in [-0.4, -0.2) is 32.5 Å². The Balaban J connectivity index is 1.89. The summed E-state index contributed by atoms with van der Waals surface area (Å²) in [5.41, 5.74) is -0.323. The molecule has 6 heteroatoms. The van der Waals surface area contributed by atoms with Gasteiger partial charge in [0.2, 0.25) is 0 Å². The highest BCUT2D eigenvalue weighted by atomic mass is 32.2. The van der Waals surface area contributed by atoms with Crippen molar-refractivity contribution in [3.63, 3.8) is 0 Å². The third kappa shape index (κ3) is 3.48. The van der Waals surface area contributed by atoms with E-state index in [1.807, 2.05) is 0 Å². The van der Waals surface area contributed by atoms with Crippen LogP contribution < -0.4 is 5.32 Å². The van der Waals surface area contributed by atoms with Gasteiger partial charge < -0.3 is 0 Å². The highest BCUT2D eigenvalue weighted by Crippen LogP contribution is 2.38. The smallest absolute Gasteiger partial charge is 0.183 e. The summed E-state index contributed by atoms with van der Waals surface area (Å²) in [6.07, 6.45) is 5.82. The van der Waals surface area contributed by atoms with E-state index in [9.17, 15) is 5.26 Å². The number of nitrogens with zero attached hydrogens (tertiary/aromatic N) is 3. The maximum atomic E-state index is 9.57. The summed E-state index contributed by atoms with van der Waals surface area (Å²) in [6, 6.07) is 2.90. The van der Waals surface area contributed by atoms with Gasteiger partial charge in [0.05, 0.1) is 6.07 Å². The second-order valence-corrected chi connectivity index (χ2v) is 6.48. The molecule has 2 atom stereocenters. The van der Waals surface area contributed by atoms with Gasteiger partial charge in [-0.2, -0.15) is 10.4 Å². The molecular weight excluding hydrogens is 258 g/mol. The molecule has 0 radical (unpaired) electrons. The van der Waals surface area contributed by atoms with Crippen LogP contribution in [0.2, 0.25) is 0 Å². The van der Waals surface area contributed by atoms with E-state index in [2.05, 4.69) is 40.4 Å². The van der Waals surface area contributed by atoms with Crippen LogP contribution in [0.4, 0.5) is 0 Å². The first kappa shape index (κ1) is 14.4. The molecule has 2 unspecified atom stereocenters. The normalized spacial score (nSPS) is 26.7. The average molecular weight is 279 g/mol. The number of rotatable bonds is 6. The average Bonchev–Trinajstić information content (AvgIpc) is 3.00. The topological polar surface area (TPSA) is 77.4 Å². The Labute approximate surface area is 118 Å². The van der Waals surface area contributed by atoms with Crippen molar-refractivity contribution in [3.05, 3.63) is 6.33 Å². The maximum absolute atomic E-state index is 9.57. The lowest BCUT2D eigenvalue weighted by molar-refractivity contribution is 0.289. The largest absolute Gasteiger partial charge is 0.297 e. The Hall–Kier alpha value is -1.06. The van der Waals surface area contributed by atoms with Gasteiger partial charge in [-0.3, -0.25) is 10.4 Å². The molecule has 0 saturated heterocycles.